The summed E-state index contributed by atoms with van der Waals surface area (Å²) in [6.07, 6.45) is 0.435. The minimum absolute atomic E-state index is 0.117. The number of carbonyl (C=O) groups excluding carboxylic acids is 1. The van der Waals surface area contributed by atoms with Gasteiger partial charge in [0.15, 0.2) is 5.78 Å². The maximum absolute atomic E-state index is 11.9. The van der Waals surface area contributed by atoms with Crippen molar-refractivity contribution in [2.75, 3.05) is 0 Å². The van der Waals surface area contributed by atoms with E-state index in [9.17, 15) is 4.79 Å². The highest BCUT2D eigenvalue weighted by atomic mass is 16.1. The normalized spacial score (nSPS) is 10.0. The third-order valence-electron chi connectivity index (χ3n) is 2.44. The molecule has 2 radical (unpaired) electrons. The summed E-state index contributed by atoms with van der Waals surface area (Å²) in [5.41, 5.74) is 2.42. The smallest absolute Gasteiger partial charge is 0.167 e. The van der Waals surface area contributed by atoms with Crippen molar-refractivity contribution in [1.82, 2.24) is 0 Å². The van der Waals surface area contributed by atoms with Gasteiger partial charge < -0.3 is 0 Å². The largest absolute Gasteiger partial charge is 0.294 e. The van der Waals surface area contributed by atoms with Crippen LogP contribution in [0.1, 0.15) is 15.9 Å². The Kier molecular flexibility index (Phi) is 3.20. The Hall–Kier alpha value is -1.83. The van der Waals surface area contributed by atoms with E-state index in [1.807, 2.05) is 30.3 Å². The van der Waals surface area contributed by atoms with E-state index in [2.05, 4.69) is 0 Å². The molecule has 0 aliphatic rings. The van der Waals surface area contributed by atoms with Crippen molar-refractivity contribution in [3.05, 3.63) is 65.7 Å². The molecule has 2 heteroatoms. The van der Waals surface area contributed by atoms with Gasteiger partial charge in [0.2, 0.25) is 0 Å². The second kappa shape index (κ2) is 4.80. The molecule has 0 saturated carbocycles. The number of carbonyl (C=O) groups is 1. The van der Waals surface area contributed by atoms with Crippen LogP contribution in [0.5, 0.6) is 0 Å². The van der Waals surface area contributed by atoms with Crippen molar-refractivity contribution in [3.63, 3.8) is 0 Å². The Bertz CT molecular complexity index is 474. The van der Waals surface area contributed by atoms with Crippen LogP contribution in [0.2, 0.25) is 0 Å². The molecular formula is C14H11BO. The molecule has 2 aromatic carbocycles. The summed E-state index contributed by atoms with van der Waals surface area (Å²) in [7, 11) is 5.57. The molecule has 0 saturated heterocycles. The van der Waals surface area contributed by atoms with E-state index >= 15 is 0 Å². The molecule has 0 N–H and O–H groups in total. The third-order valence-corrected chi connectivity index (χ3v) is 2.44. The summed E-state index contributed by atoms with van der Waals surface area (Å²) in [5.74, 6) is 0.117. The summed E-state index contributed by atoms with van der Waals surface area (Å²) in [5, 5.41) is 0. The van der Waals surface area contributed by atoms with Crippen molar-refractivity contribution in [1.29, 1.82) is 0 Å². The van der Waals surface area contributed by atoms with E-state index in [0.717, 1.165) is 5.56 Å². The van der Waals surface area contributed by atoms with Crippen LogP contribution in [0.4, 0.5) is 0 Å². The molecule has 0 aromatic heterocycles. The first-order valence-electron chi connectivity index (χ1n) is 5.18. The standard InChI is InChI=1S/C14H11BO/c15-13-8-6-12(7-9-13)14(16)10-11-4-2-1-3-5-11/h1-9H,10H2. The zero-order valence-electron chi connectivity index (χ0n) is 8.89. The van der Waals surface area contributed by atoms with E-state index < -0.39 is 0 Å². The lowest BCUT2D eigenvalue weighted by Gasteiger charge is -2.01. The molecule has 76 valence electrons. The molecule has 0 aliphatic carbocycles. The molecule has 0 unspecified atom stereocenters. The fourth-order valence-corrected chi connectivity index (χ4v) is 1.55. The van der Waals surface area contributed by atoms with Crippen LogP contribution in [-0.2, 0) is 6.42 Å². The Balaban J connectivity index is 2.12. The summed E-state index contributed by atoms with van der Waals surface area (Å²) < 4.78 is 0. The molecule has 0 bridgehead atoms. The third kappa shape index (κ3) is 2.60. The van der Waals surface area contributed by atoms with Gasteiger partial charge in [-0.3, -0.25) is 4.79 Å². The van der Waals surface area contributed by atoms with E-state index in [-0.39, 0.29) is 5.78 Å². The van der Waals surface area contributed by atoms with Crippen LogP contribution in [-0.4, -0.2) is 13.6 Å². The molecule has 1 nitrogen and oxygen atoms in total. The van der Waals surface area contributed by atoms with Crippen LogP contribution < -0.4 is 5.46 Å². The topological polar surface area (TPSA) is 17.1 Å². The predicted octanol–water partition coefficient (Wildman–Crippen LogP) is 1.91. The van der Waals surface area contributed by atoms with Crippen molar-refractivity contribution >= 4 is 19.1 Å². The number of benzene rings is 2. The van der Waals surface area contributed by atoms with E-state index in [0.29, 0.717) is 17.4 Å². The van der Waals surface area contributed by atoms with Crippen LogP contribution in [0.3, 0.4) is 0 Å². The molecule has 0 fully saturated rings. The average Bonchev–Trinajstić information content (AvgIpc) is 2.31. The van der Waals surface area contributed by atoms with Gasteiger partial charge in [0.05, 0.1) is 0 Å². The molecular weight excluding hydrogens is 195 g/mol. The Labute approximate surface area is 96.5 Å². The fraction of sp³-hybridized carbons (Fsp3) is 0.0714. The second-order valence-electron chi connectivity index (χ2n) is 3.71. The minimum atomic E-state index is 0.117. The molecule has 0 atom stereocenters. The number of Topliss-reactive ketones (excluding diaryl/α,β-unsaturated/α-hetero) is 1. The van der Waals surface area contributed by atoms with Crippen LogP contribution in [0.25, 0.3) is 0 Å². The highest BCUT2D eigenvalue weighted by Gasteiger charge is 2.05. The predicted molar refractivity (Wildman–Crippen MR) is 66.3 cm³/mol. The summed E-state index contributed by atoms with van der Waals surface area (Å²) in [6.45, 7) is 0. The molecule has 16 heavy (non-hydrogen) atoms. The lowest BCUT2D eigenvalue weighted by Crippen LogP contribution is -2.07. The van der Waals surface area contributed by atoms with E-state index in [1.165, 1.54) is 0 Å². The quantitative estimate of drug-likeness (QED) is 0.553. The van der Waals surface area contributed by atoms with Crippen molar-refractivity contribution in [2.24, 2.45) is 0 Å². The number of rotatable bonds is 3. The Morgan fingerprint density at radius 3 is 2.19 bits per heavy atom. The van der Waals surface area contributed by atoms with Gasteiger partial charge in [0.1, 0.15) is 7.85 Å². The molecule has 0 amide bonds. The van der Waals surface area contributed by atoms with Gasteiger partial charge in [-0.05, 0) is 5.56 Å². The first kappa shape index (κ1) is 10.7. The highest BCUT2D eigenvalue weighted by Crippen LogP contribution is 2.06. The minimum Gasteiger partial charge on any atom is -0.294 e. The number of hydrogen-bond acceptors (Lipinski definition) is 1. The maximum Gasteiger partial charge on any atom is 0.167 e. The number of ketones is 1. The van der Waals surface area contributed by atoms with Crippen LogP contribution >= 0.6 is 0 Å². The summed E-state index contributed by atoms with van der Waals surface area (Å²) in [6, 6.07) is 16.7. The van der Waals surface area contributed by atoms with Crippen molar-refractivity contribution in [2.45, 2.75) is 6.42 Å². The first-order chi connectivity index (χ1) is 7.75. The maximum atomic E-state index is 11.9. The van der Waals surface area contributed by atoms with E-state index in [4.69, 9.17) is 7.85 Å². The molecule has 2 rings (SSSR count). The monoisotopic (exact) mass is 206 g/mol. The van der Waals surface area contributed by atoms with E-state index in [1.54, 1.807) is 24.3 Å². The molecule has 0 aliphatic heterocycles. The highest BCUT2D eigenvalue weighted by molar-refractivity contribution is 6.32. The SMILES string of the molecule is [B]c1ccc(C(=O)Cc2ccccc2)cc1. The zero-order chi connectivity index (χ0) is 11.4. The second-order valence-corrected chi connectivity index (χ2v) is 3.71. The van der Waals surface area contributed by atoms with Gasteiger partial charge in [-0.2, -0.15) is 0 Å². The zero-order valence-corrected chi connectivity index (χ0v) is 8.89. The molecule has 0 spiro atoms. The fourth-order valence-electron chi connectivity index (χ4n) is 1.55. The first-order valence-corrected chi connectivity index (χ1v) is 5.18. The van der Waals surface area contributed by atoms with Gasteiger partial charge in [0, 0.05) is 12.0 Å². The van der Waals surface area contributed by atoms with Crippen molar-refractivity contribution in [3.8, 4) is 0 Å². The average molecular weight is 206 g/mol. The Morgan fingerprint density at radius 1 is 0.938 bits per heavy atom. The van der Waals surface area contributed by atoms with Gasteiger partial charge in [-0.15, -0.1) is 0 Å². The van der Waals surface area contributed by atoms with Gasteiger partial charge in [-0.1, -0.05) is 60.1 Å². The van der Waals surface area contributed by atoms with Crippen LogP contribution in [0.15, 0.2) is 54.6 Å². The summed E-state index contributed by atoms with van der Waals surface area (Å²) in [4.78, 5) is 11.9. The lowest BCUT2D eigenvalue weighted by molar-refractivity contribution is 0.0993. The van der Waals surface area contributed by atoms with Crippen molar-refractivity contribution < 1.29 is 4.79 Å². The van der Waals surface area contributed by atoms with Gasteiger partial charge >= 0.3 is 0 Å². The Morgan fingerprint density at radius 2 is 1.56 bits per heavy atom. The molecule has 0 heterocycles. The summed E-state index contributed by atoms with van der Waals surface area (Å²) >= 11 is 0. The van der Waals surface area contributed by atoms with Crippen LogP contribution in [0, 0.1) is 0 Å². The van der Waals surface area contributed by atoms with Gasteiger partial charge in [0.25, 0.3) is 0 Å². The van der Waals surface area contributed by atoms with Gasteiger partial charge in [-0.25, -0.2) is 0 Å². The molecule has 2 aromatic rings. The lowest BCUT2D eigenvalue weighted by atomic mass is 9.93. The number of hydrogen-bond donors (Lipinski definition) is 0.